The molecule has 16 heavy (non-hydrogen) atoms. The van der Waals surface area contributed by atoms with E-state index in [4.69, 9.17) is 17.3 Å². The maximum absolute atomic E-state index is 6.15. The molecule has 0 spiro atoms. The van der Waals surface area contributed by atoms with Gasteiger partial charge < -0.3 is 10.6 Å². The van der Waals surface area contributed by atoms with E-state index in [-0.39, 0.29) is 0 Å². The minimum atomic E-state index is 0.778. The molecule has 0 atom stereocenters. The zero-order valence-electron chi connectivity index (χ0n) is 9.75. The lowest BCUT2D eigenvalue weighted by Gasteiger charge is -2.30. The molecule has 2 rings (SSSR count). The molecule has 3 heteroatoms. The van der Waals surface area contributed by atoms with E-state index in [0.717, 1.165) is 35.3 Å². The molecule has 2 nitrogen and oxygen atoms in total. The molecule has 0 amide bonds. The Morgan fingerprint density at radius 2 is 2.19 bits per heavy atom. The SMILES string of the molecule is CN(Cc1c(N)cccc1Cl)CC1CCC1. The zero-order valence-corrected chi connectivity index (χ0v) is 10.5. The molecule has 0 bridgehead atoms. The number of hydrogen-bond acceptors (Lipinski definition) is 2. The summed E-state index contributed by atoms with van der Waals surface area (Å²) in [7, 11) is 2.14. The van der Waals surface area contributed by atoms with Gasteiger partial charge in [0.05, 0.1) is 0 Å². The topological polar surface area (TPSA) is 29.3 Å². The first kappa shape index (κ1) is 11.7. The fraction of sp³-hybridized carbons (Fsp3) is 0.538. The van der Waals surface area contributed by atoms with Crippen LogP contribution in [-0.4, -0.2) is 18.5 Å². The van der Waals surface area contributed by atoms with Crippen LogP contribution in [0, 0.1) is 5.92 Å². The summed E-state index contributed by atoms with van der Waals surface area (Å²) in [5.41, 5.74) is 7.80. The Morgan fingerprint density at radius 3 is 2.75 bits per heavy atom. The van der Waals surface area contributed by atoms with E-state index in [0.29, 0.717) is 0 Å². The molecule has 0 aromatic heterocycles. The number of hydrogen-bond donors (Lipinski definition) is 1. The van der Waals surface area contributed by atoms with Crippen LogP contribution in [0.5, 0.6) is 0 Å². The highest BCUT2D eigenvalue weighted by molar-refractivity contribution is 6.31. The average Bonchev–Trinajstić information content (AvgIpc) is 2.18. The van der Waals surface area contributed by atoms with Gasteiger partial charge in [0.2, 0.25) is 0 Å². The van der Waals surface area contributed by atoms with Gasteiger partial charge in [-0.05, 0) is 37.9 Å². The smallest absolute Gasteiger partial charge is 0.0471 e. The van der Waals surface area contributed by atoms with Crippen molar-refractivity contribution in [2.24, 2.45) is 5.92 Å². The van der Waals surface area contributed by atoms with Gasteiger partial charge in [0.25, 0.3) is 0 Å². The van der Waals surface area contributed by atoms with Crippen molar-refractivity contribution < 1.29 is 0 Å². The number of halogens is 1. The van der Waals surface area contributed by atoms with Gasteiger partial charge in [-0.15, -0.1) is 0 Å². The molecule has 1 aromatic carbocycles. The Bertz CT molecular complexity index is 341. The first-order chi connectivity index (χ1) is 7.66. The average molecular weight is 239 g/mol. The molecule has 0 aliphatic heterocycles. The third kappa shape index (κ3) is 2.69. The van der Waals surface area contributed by atoms with Gasteiger partial charge in [-0.3, -0.25) is 0 Å². The molecular weight excluding hydrogens is 220 g/mol. The van der Waals surface area contributed by atoms with Crippen LogP contribution in [0.4, 0.5) is 5.69 Å². The van der Waals surface area contributed by atoms with Crippen molar-refractivity contribution in [1.29, 1.82) is 0 Å². The molecule has 0 radical (unpaired) electrons. The Kier molecular flexibility index (Phi) is 3.72. The minimum absolute atomic E-state index is 0.778. The van der Waals surface area contributed by atoms with Crippen molar-refractivity contribution in [2.45, 2.75) is 25.8 Å². The molecule has 0 unspecified atom stereocenters. The molecule has 1 aliphatic carbocycles. The van der Waals surface area contributed by atoms with Gasteiger partial charge in [-0.25, -0.2) is 0 Å². The van der Waals surface area contributed by atoms with Crippen molar-refractivity contribution in [3.05, 3.63) is 28.8 Å². The lowest BCUT2D eigenvalue weighted by atomic mass is 9.85. The van der Waals surface area contributed by atoms with Gasteiger partial charge in [0.1, 0.15) is 0 Å². The summed E-state index contributed by atoms with van der Waals surface area (Å²) in [4.78, 5) is 2.32. The highest BCUT2D eigenvalue weighted by Crippen LogP contribution is 2.28. The summed E-state index contributed by atoms with van der Waals surface area (Å²) < 4.78 is 0. The van der Waals surface area contributed by atoms with Crippen LogP contribution in [0.25, 0.3) is 0 Å². The van der Waals surface area contributed by atoms with Crippen molar-refractivity contribution in [3.63, 3.8) is 0 Å². The van der Waals surface area contributed by atoms with Crippen molar-refractivity contribution in [2.75, 3.05) is 19.3 Å². The molecule has 1 aromatic rings. The standard InChI is InChI=1S/C13H19ClN2/c1-16(8-10-4-2-5-10)9-11-12(14)6-3-7-13(11)15/h3,6-7,10H,2,4-5,8-9,15H2,1H3. The Labute approximate surface area is 102 Å². The number of benzene rings is 1. The maximum Gasteiger partial charge on any atom is 0.0471 e. The van der Waals surface area contributed by atoms with Crippen LogP contribution >= 0.6 is 11.6 Å². The number of nitrogens with two attached hydrogens (primary N) is 1. The summed E-state index contributed by atoms with van der Waals surface area (Å²) in [6, 6.07) is 5.72. The largest absolute Gasteiger partial charge is 0.398 e. The lowest BCUT2D eigenvalue weighted by molar-refractivity contribution is 0.200. The van der Waals surface area contributed by atoms with E-state index in [9.17, 15) is 0 Å². The molecule has 1 fully saturated rings. The molecular formula is C13H19ClN2. The zero-order chi connectivity index (χ0) is 11.5. The molecule has 0 heterocycles. The monoisotopic (exact) mass is 238 g/mol. The van der Waals surface area contributed by atoms with E-state index in [2.05, 4.69) is 11.9 Å². The predicted molar refractivity (Wildman–Crippen MR) is 69.5 cm³/mol. The van der Waals surface area contributed by atoms with Gasteiger partial charge in [-0.2, -0.15) is 0 Å². The summed E-state index contributed by atoms with van der Waals surface area (Å²) >= 11 is 6.15. The first-order valence-corrected chi connectivity index (χ1v) is 6.26. The van der Waals surface area contributed by atoms with Crippen LogP contribution in [0.3, 0.4) is 0 Å². The second-order valence-electron chi connectivity index (χ2n) is 4.80. The van der Waals surface area contributed by atoms with Gasteiger partial charge in [-0.1, -0.05) is 24.1 Å². The van der Waals surface area contributed by atoms with Crippen LogP contribution in [-0.2, 0) is 6.54 Å². The van der Waals surface area contributed by atoms with E-state index in [1.165, 1.54) is 19.3 Å². The van der Waals surface area contributed by atoms with Crippen molar-refractivity contribution in [3.8, 4) is 0 Å². The molecule has 2 N–H and O–H groups in total. The van der Waals surface area contributed by atoms with Gasteiger partial charge in [0, 0.05) is 29.4 Å². The van der Waals surface area contributed by atoms with E-state index < -0.39 is 0 Å². The summed E-state index contributed by atoms with van der Waals surface area (Å²) in [6.45, 7) is 2.01. The Hall–Kier alpha value is -0.730. The van der Waals surface area contributed by atoms with Crippen LogP contribution < -0.4 is 5.73 Å². The number of nitrogens with zero attached hydrogens (tertiary/aromatic N) is 1. The number of anilines is 1. The number of nitrogen functional groups attached to an aromatic ring is 1. The van der Waals surface area contributed by atoms with Crippen LogP contribution in [0.1, 0.15) is 24.8 Å². The molecule has 1 aliphatic rings. The highest BCUT2D eigenvalue weighted by Gasteiger charge is 2.19. The molecule has 0 saturated heterocycles. The van der Waals surface area contributed by atoms with Crippen LogP contribution in [0.2, 0.25) is 5.02 Å². The third-order valence-electron chi connectivity index (χ3n) is 3.38. The first-order valence-electron chi connectivity index (χ1n) is 5.88. The third-order valence-corrected chi connectivity index (χ3v) is 3.73. The Balaban J connectivity index is 1.96. The maximum atomic E-state index is 6.15. The normalized spacial score (nSPS) is 16.4. The highest BCUT2D eigenvalue weighted by atomic mass is 35.5. The second kappa shape index (κ2) is 5.07. The van der Waals surface area contributed by atoms with Gasteiger partial charge >= 0.3 is 0 Å². The summed E-state index contributed by atoms with van der Waals surface area (Å²) in [5, 5.41) is 0.778. The number of rotatable bonds is 4. The second-order valence-corrected chi connectivity index (χ2v) is 5.21. The summed E-state index contributed by atoms with van der Waals surface area (Å²) in [6.07, 6.45) is 4.15. The predicted octanol–water partition coefficient (Wildman–Crippen LogP) is 3.15. The van der Waals surface area contributed by atoms with Crippen molar-refractivity contribution >= 4 is 17.3 Å². The van der Waals surface area contributed by atoms with E-state index in [1.54, 1.807) is 0 Å². The fourth-order valence-electron chi connectivity index (χ4n) is 2.19. The fourth-order valence-corrected chi connectivity index (χ4v) is 2.43. The summed E-state index contributed by atoms with van der Waals surface area (Å²) in [5.74, 6) is 0.883. The molecule has 1 saturated carbocycles. The minimum Gasteiger partial charge on any atom is -0.398 e. The van der Waals surface area contributed by atoms with E-state index in [1.807, 2.05) is 18.2 Å². The van der Waals surface area contributed by atoms with Crippen molar-refractivity contribution in [1.82, 2.24) is 4.90 Å². The van der Waals surface area contributed by atoms with Gasteiger partial charge in [0.15, 0.2) is 0 Å². The quantitative estimate of drug-likeness (QED) is 0.817. The van der Waals surface area contributed by atoms with Crippen LogP contribution in [0.15, 0.2) is 18.2 Å². The lowest BCUT2D eigenvalue weighted by Crippen LogP contribution is -2.29. The Morgan fingerprint density at radius 1 is 1.44 bits per heavy atom. The molecule has 88 valence electrons. The van der Waals surface area contributed by atoms with E-state index >= 15 is 0 Å².